The minimum Gasteiger partial charge on any atom is -0.341 e. The van der Waals surface area contributed by atoms with E-state index < -0.39 is 0 Å². The lowest BCUT2D eigenvalue weighted by atomic mass is 10.1. The fraction of sp³-hybridized carbons (Fsp3) is 0.0952. The molecule has 0 spiro atoms. The van der Waals surface area contributed by atoms with Crippen LogP contribution in [-0.4, -0.2) is 10.5 Å². The van der Waals surface area contributed by atoms with E-state index in [0.29, 0.717) is 5.56 Å². The highest BCUT2D eigenvalue weighted by molar-refractivity contribution is 9.10. The first-order chi connectivity index (χ1) is 12.2. The van der Waals surface area contributed by atoms with Gasteiger partial charge in [0.2, 0.25) is 0 Å². The van der Waals surface area contributed by atoms with Crippen molar-refractivity contribution in [1.82, 2.24) is 4.57 Å². The van der Waals surface area contributed by atoms with Gasteiger partial charge in [0, 0.05) is 44.1 Å². The van der Waals surface area contributed by atoms with E-state index in [0.717, 1.165) is 22.1 Å². The third-order valence-corrected chi connectivity index (χ3v) is 4.98. The number of fused-ring (bicyclic) bond motifs is 3. The molecule has 1 aromatic heterocycles. The lowest BCUT2D eigenvalue weighted by Crippen LogP contribution is -2.11. The average molecular weight is 393 g/mol. The number of carbonyl (C=O) groups is 1. The van der Waals surface area contributed by atoms with Crippen LogP contribution in [0, 0.1) is 0 Å². The van der Waals surface area contributed by atoms with E-state index in [1.807, 2.05) is 18.2 Å². The number of aromatic nitrogens is 1. The molecule has 0 bridgehead atoms. The van der Waals surface area contributed by atoms with Gasteiger partial charge in [-0.3, -0.25) is 4.79 Å². The number of carbonyl (C=O) groups excluding carboxylic acids is 1. The number of para-hydroxylation sites is 1. The molecule has 3 nitrogen and oxygen atoms in total. The summed E-state index contributed by atoms with van der Waals surface area (Å²) in [6.45, 7) is 3.06. The molecule has 0 radical (unpaired) electrons. The number of amides is 1. The highest BCUT2D eigenvalue weighted by Gasteiger charge is 2.11. The van der Waals surface area contributed by atoms with Crippen molar-refractivity contribution in [2.75, 3.05) is 5.32 Å². The topological polar surface area (TPSA) is 34.0 Å². The minimum absolute atomic E-state index is 0.105. The fourth-order valence-corrected chi connectivity index (χ4v) is 3.54. The van der Waals surface area contributed by atoms with Gasteiger partial charge in [0.1, 0.15) is 0 Å². The van der Waals surface area contributed by atoms with Gasteiger partial charge in [0.25, 0.3) is 5.91 Å². The third kappa shape index (κ3) is 2.83. The largest absolute Gasteiger partial charge is 0.341 e. The van der Waals surface area contributed by atoms with Crippen molar-refractivity contribution in [1.29, 1.82) is 0 Å². The SMILES string of the molecule is CCn1c2ccccc2c2cc(NC(=O)c3ccc(Br)cc3)ccc21. The smallest absolute Gasteiger partial charge is 0.255 e. The number of hydrogen-bond donors (Lipinski definition) is 1. The van der Waals surface area contributed by atoms with E-state index in [-0.39, 0.29) is 5.91 Å². The van der Waals surface area contributed by atoms with Crippen molar-refractivity contribution in [2.24, 2.45) is 0 Å². The molecule has 4 aromatic rings. The summed E-state index contributed by atoms with van der Waals surface area (Å²) >= 11 is 3.39. The summed E-state index contributed by atoms with van der Waals surface area (Å²) in [5, 5.41) is 5.36. The Labute approximate surface area is 154 Å². The molecule has 1 N–H and O–H groups in total. The fourth-order valence-electron chi connectivity index (χ4n) is 3.28. The zero-order valence-electron chi connectivity index (χ0n) is 13.8. The first-order valence-corrected chi connectivity index (χ1v) is 9.04. The molecule has 0 saturated heterocycles. The second-order valence-electron chi connectivity index (χ2n) is 5.95. The summed E-state index contributed by atoms with van der Waals surface area (Å²) in [5.74, 6) is -0.105. The van der Waals surface area contributed by atoms with Gasteiger partial charge in [-0.05, 0) is 55.5 Å². The van der Waals surface area contributed by atoms with Crippen LogP contribution in [0.5, 0.6) is 0 Å². The molecule has 0 fully saturated rings. The van der Waals surface area contributed by atoms with Gasteiger partial charge in [-0.15, -0.1) is 0 Å². The monoisotopic (exact) mass is 392 g/mol. The Bertz CT molecular complexity index is 1080. The van der Waals surface area contributed by atoms with E-state index in [9.17, 15) is 4.79 Å². The first kappa shape index (κ1) is 15.9. The predicted octanol–water partition coefficient (Wildman–Crippen LogP) is 5.83. The summed E-state index contributed by atoms with van der Waals surface area (Å²) in [6, 6.07) is 21.8. The molecule has 0 aliphatic carbocycles. The second-order valence-corrected chi connectivity index (χ2v) is 6.87. The predicted molar refractivity (Wildman–Crippen MR) is 107 cm³/mol. The van der Waals surface area contributed by atoms with Crippen molar-refractivity contribution in [3.8, 4) is 0 Å². The lowest BCUT2D eigenvalue weighted by molar-refractivity contribution is 0.102. The first-order valence-electron chi connectivity index (χ1n) is 8.25. The molecular weight excluding hydrogens is 376 g/mol. The molecule has 0 saturated carbocycles. The van der Waals surface area contributed by atoms with E-state index in [4.69, 9.17) is 0 Å². The Kier molecular flexibility index (Phi) is 4.06. The number of nitrogens with one attached hydrogen (secondary N) is 1. The van der Waals surface area contributed by atoms with Crippen molar-refractivity contribution in [3.05, 3.63) is 76.8 Å². The normalized spacial score (nSPS) is 11.1. The van der Waals surface area contributed by atoms with Gasteiger partial charge in [-0.2, -0.15) is 0 Å². The molecular formula is C21H17BrN2O. The Morgan fingerprint density at radius 2 is 1.68 bits per heavy atom. The maximum absolute atomic E-state index is 12.5. The zero-order valence-corrected chi connectivity index (χ0v) is 15.4. The molecule has 25 heavy (non-hydrogen) atoms. The zero-order chi connectivity index (χ0) is 17.4. The summed E-state index contributed by atoms with van der Waals surface area (Å²) in [5.41, 5.74) is 3.85. The van der Waals surface area contributed by atoms with Crippen LogP contribution < -0.4 is 5.32 Å². The molecule has 1 heterocycles. The Morgan fingerprint density at radius 3 is 2.44 bits per heavy atom. The standard InChI is InChI=1S/C21H17BrN2O/c1-2-24-19-6-4-3-5-17(19)18-13-16(11-12-20(18)24)23-21(25)14-7-9-15(22)10-8-14/h3-13H,2H2,1H3,(H,23,25). The summed E-state index contributed by atoms with van der Waals surface area (Å²) < 4.78 is 3.25. The maximum Gasteiger partial charge on any atom is 0.255 e. The van der Waals surface area contributed by atoms with Gasteiger partial charge in [0.05, 0.1) is 0 Å². The van der Waals surface area contributed by atoms with Crippen molar-refractivity contribution in [3.63, 3.8) is 0 Å². The van der Waals surface area contributed by atoms with Gasteiger partial charge in [-0.1, -0.05) is 34.1 Å². The Hall–Kier alpha value is -2.59. The molecule has 0 aliphatic heterocycles. The quantitative estimate of drug-likeness (QED) is 0.467. The van der Waals surface area contributed by atoms with E-state index >= 15 is 0 Å². The Morgan fingerprint density at radius 1 is 0.960 bits per heavy atom. The molecule has 0 aliphatic rings. The van der Waals surface area contributed by atoms with Crippen LogP contribution in [0.15, 0.2) is 71.2 Å². The number of nitrogens with zero attached hydrogens (tertiary/aromatic N) is 1. The highest BCUT2D eigenvalue weighted by atomic mass is 79.9. The number of benzene rings is 3. The average Bonchev–Trinajstić information content (AvgIpc) is 2.95. The second kappa shape index (κ2) is 6.37. The number of aryl methyl sites for hydroxylation is 1. The summed E-state index contributed by atoms with van der Waals surface area (Å²) in [4.78, 5) is 12.5. The van der Waals surface area contributed by atoms with Crippen LogP contribution in [0.2, 0.25) is 0 Å². The van der Waals surface area contributed by atoms with Crippen LogP contribution in [0.1, 0.15) is 17.3 Å². The molecule has 4 heteroatoms. The summed E-state index contributed by atoms with van der Waals surface area (Å²) in [6.07, 6.45) is 0. The van der Waals surface area contributed by atoms with Crippen LogP contribution in [0.3, 0.4) is 0 Å². The molecule has 3 aromatic carbocycles. The van der Waals surface area contributed by atoms with Crippen LogP contribution in [0.25, 0.3) is 21.8 Å². The van der Waals surface area contributed by atoms with Crippen LogP contribution >= 0.6 is 15.9 Å². The third-order valence-electron chi connectivity index (χ3n) is 4.45. The van der Waals surface area contributed by atoms with Gasteiger partial charge in [-0.25, -0.2) is 0 Å². The number of hydrogen-bond acceptors (Lipinski definition) is 1. The van der Waals surface area contributed by atoms with Crippen molar-refractivity contribution in [2.45, 2.75) is 13.5 Å². The van der Waals surface area contributed by atoms with E-state index in [1.165, 1.54) is 16.4 Å². The molecule has 0 unspecified atom stereocenters. The van der Waals surface area contributed by atoms with Gasteiger partial charge < -0.3 is 9.88 Å². The van der Waals surface area contributed by atoms with Crippen LogP contribution in [0.4, 0.5) is 5.69 Å². The van der Waals surface area contributed by atoms with Crippen molar-refractivity contribution >= 4 is 49.3 Å². The highest BCUT2D eigenvalue weighted by Crippen LogP contribution is 2.31. The molecule has 124 valence electrons. The lowest BCUT2D eigenvalue weighted by Gasteiger charge is -2.07. The molecule has 1 amide bonds. The minimum atomic E-state index is -0.105. The van der Waals surface area contributed by atoms with Crippen molar-refractivity contribution < 1.29 is 4.79 Å². The van der Waals surface area contributed by atoms with Gasteiger partial charge >= 0.3 is 0 Å². The number of rotatable bonds is 3. The van der Waals surface area contributed by atoms with Crippen LogP contribution in [-0.2, 0) is 6.54 Å². The summed E-state index contributed by atoms with van der Waals surface area (Å²) in [7, 11) is 0. The van der Waals surface area contributed by atoms with Gasteiger partial charge in [0.15, 0.2) is 0 Å². The van der Waals surface area contributed by atoms with E-state index in [2.05, 4.69) is 69.1 Å². The number of anilines is 1. The molecule has 0 atom stereocenters. The number of halogens is 1. The maximum atomic E-state index is 12.5. The Balaban J connectivity index is 1.75. The van der Waals surface area contributed by atoms with E-state index in [1.54, 1.807) is 12.1 Å². The molecule has 4 rings (SSSR count).